The van der Waals surface area contributed by atoms with Gasteiger partial charge < -0.3 is 14.4 Å². The van der Waals surface area contributed by atoms with Gasteiger partial charge in [0.05, 0.1) is 23.2 Å². The highest BCUT2D eigenvalue weighted by molar-refractivity contribution is 7.90. The van der Waals surface area contributed by atoms with Gasteiger partial charge in [0.15, 0.2) is 27.1 Å². The van der Waals surface area contributed by atoms with Crippen molar-refractivity contribution in [3.05, 3.63) is 36.5 Å². The van der Waals surface area contributed by atoms with Crippen LogP contribution in [0.2, 0.25) is 0 Å². The van der Waals surface area contributed by atoms with Crippen LogP contribution in [0.1, 0.15) is 32.7 Å². The fraction of sp³-hybridized carbons (Fsp3) is 0.429. The van der Waals surface area contributed by atoms with Crippen LogP contribution in [0, 0.1) is 5.82 Å². The molecule has 0 radical (unpaired) electrons. The smallest absolute Gasteiger partial charge is 0.410 e. The van der Waals surface area contributed by atoms with Crippen LogP contribution in [-0.4, -0.2) is 64.6 Å². The van der Waals surface area contributed by atoms with E-state index in [9.17, 15) is 17.6 Å². The molecule has 2 aromatic heterocycles. The summed E-state index contributed by atoms with van der Waals surface area (Å²) in [6.07, 6.45) is 4.70. The molecule has 1 aromatic carbocycles. The van der Waals surface area contributed by atoms with Crippen LogP contribution in [0.15, 0.2) is 35.6 Å². The number of aromatic nitrogens is 4. The largest absolute Gasteiger partial charge is 0.447 e. The van der Waals surface area contributed by atoms with E-state index in [1.807, 2.05) is 13.8 Å². The zero-order valence-electron chi connectivity index (χ0n) is 18.4. The SMILES string of the molecule is CC(C)OC(=O)N1CCC(n2ncc3c(Oc4ccc(S(C)(=O)=O)cc4F)ncnc32)CC1. The predicted molar refractivity (Wildman–Crippen MR) is 116 cm³/mol. The minimum Gasteiger partial charge on any atom is -0.447 e. The minimum absolute atomic E-state index is 0.0131. The molecule has 0 saturated carbocycles. The Morgan fingerprint density at radius 1 is 1.21 bits per heavy atom. The molecule has 3 aromatic rings. The summed E-state index contributed by atoms with van der Waals surface area (Å²) in [5, 5.41) is 4.93. The molecule has 1 aliphatic heterocycles. The second-order valence-electron chi connectivity index (χ2n) is 8.12. The fourth-order valence-electron chi connectivity index (χ4n) is 3.66. The fourth-order valence-corrected chi connectivity index (χ4v) is 4.29. The zero-order valence-corrected chi connectivity index (χ0v) is 19.2. The number of ether oxygens (including phenoxy) is 2. The predicted octanol–water partition coefficient (Wildman–Crippen LogP) is 3.34. The molecular weight excluding hydrogens is 453 g/mol. The monoisotopic (exact) mass is 477 g/mol. The molecule has 3 heterocycles. The number of halogens is 1. The van der Waals surface area contributed by atoms with Crippen molar-refractivity contribution in [2.75, 3.05) is 19.3 Å². The van der Waals surface area contributed by atoms with Crippen molar-refractivity contribution in [1.82, 2.24) is 24.6 Å². The Morgan fingerprint density at radius 2 is 1.94 bits per heavy atom. The summed E-state index contributed by atoms with van der Waals surface area (Å²) in [6.45, 7) is 4.69. The maximum absolute atomic E-state index is 14.4. The first-order valence-corrected chi connectivity index (χ1v) is 12.3. The summed E-state index contributed by atoms with van der Waals surface area (Å²) in [6, 6.07) is 3.44. The van der Waals surface area contributed by atoms with E-state index in [4.69, 9.17) is 9.47 Å². The zero-order chi connectivity index (χ0) is 23.8. The molecule has 0 atom stereocenters. The van der Waals surface area contributed by atoms with E-state index in [2.05, 4.69) is 15.1 Å². The number of carbonyl (C=O) groups excluding carboxylic acids is 1. The van der Waals surface area contributed by atoms with Gasteiger partial charge in [-0.25, -0.2) is 32.3 Å². The van der Waals surface area contributed by atoms with Crippen LogP contribution in [-0.2, 0) is 14.6 Å². The van der Waals surface area contributed by atoms with Crippen LogP contribution in [0.25, 0.3) is 11.0 Å². The molecule has 10 nitrogen and oxygen atoms in total. The molecule has 1 fully saturated rings. The van der Waals surface area contributed by atoms with Crippen LogP contribution in [0.4, 0.5) is 9.18 Å². The van der Waals surface area contributed by atoms with E-state index in [1.165, 1.54) is 18.5 Å². The van der Waals surface area contributed by atoms with Crippen LogP contribution >= 0.6 is 0 Å². The molecular formula is C21H24FN5O5S. The third-order valence-electron chi connectivity index (χ3n) is 5.30. The Hall–Kier alpha value is -3.28. The van der Waals surface area contributed by atoms with E-state index in [1.54, 1.807) is 15.8 Å². The Bertz CT molecular complexity index is 1290. The average Bonchev–Trinajstić information content (AvgIpc) is 3.19. The standard InChI is InChI=1S/C21H24FN5O5S/c1-13(2)31-21(28)26-8-6-14(7-9-26)27-19-16(11-25-27)20(24-12-23-19)32-18-5-4-15(10-17(18)22)33(3,29)30/h4-5,10-14H,6-9H2,1-3H3. The quantitative estimate of drug-likeness (QED) is 0.549. The first-order chi connectivity index (χ1) is 15.6. The van der Waals surface area contributed by atoms with Crippen LogP contribution < -0.4 is 4.74 Å². The Labute approximate surface area is 190 Å². The van der Waals surface area contributed by atoms with Crippen molar-refractivity contribution >= 4 is 27.0 Å². The number of fused-ring (bicyclic) bond motifs is 1. The Morgan fingerprint density at radius 3 is 2.58 bits per heavy atom. The highest BCUT2D eigenvalue weighted by Crippen LogP contribution is 2.32. The van der Waals surface area contributed by atoms with Gasteiger partial charge in [-0.3, -0.25) is 0 Å². The number of amides is 1. The second-order valence-corrected chi connectivity index (χ2v) is 10.1. The maximum atomic E-state index is 14.4. The van der Waals surface area contributed by atoms with Gasteiger partial charge in [0.25, 0.3) is 0 Å². The van der Waals surface area contributed by atoms with Gasteiger partial charge in [0, 0.05) is 19.3 Å². The van der Waals surface area contributed by atoms with Gasteiger partial charge in [-0.15, -0.1) is 0 Å². The number of rotatable bonds is 5. The molecule has 0 aliphatic carbocycles. The number of carbonyl (C=O) groups is 1. The van der Waals surface area contributed by atoms with E-state index in [-0.39, 0.29) is 34.8 Å². The number of sulfone groups is 1. The van der Waals surface area contributed by atoms with Crippen molar-refractivity contribution in [1.29, 1.82) is 0 Å². The highest BCUT2D eigenvalue weighted by Gasteiger charge is 2.27. The lowest BCUT2D eigenvalue weighted by atomic mass is 10.1. The molecule has 176 valence electrons. The second kappa shape index (κ2) is 8.93. The Kier molecular flexibility index (Phi) is 6.19. The van der Waals surface area contributed by atoms with Crippen molar-refractivity contribution in [3.63, 3.8) is 0 Å². The summed E-state index contributed by atoms with van der Waals surface area (Å²) >= 11 is 0. The number of hydrogen-bond donors (Lipinski definition) is 0. The molecule has 0 unspecified atom stereocenters. The van der Waals surface area contributed by atoms with Crippen molar-refractivity contribution < 1.29 is 27.1 Å². The summed E-state index contributed by atoms with van der Waals surface area (Å²) in [5.41, 5.74) is 0.524. The van der Waals surface area contributed by atoms with E-state index >= 15 is 0 Å². The van der Waals surface area contributed by atoms with E-state index in [0.29, 0.717) is 37.0 Å². The maximum Gasteiger partial charge on any atom is 0.410 e. The third kappa shape index (κ3) is 4.90. The average molecular weight is 478 g/mol. The van der Waals surface area contributed by atoms with Crippen molar-refractivity contribution in [2.45, 2.75) is 43.7 Å². The van der Waals surface area contributed by atoms with Crippen molar-refractivity contribution in [2.24, 2.45) is 0 Å². The normalized spacial score (nSPS) is 15.2. The molecule has 33 heavy (non-hydrogen) atoms. The van der Waals surface area contributed by atoms with Crippen molar-refractivity contribution in [3.8, 4) is 11.6 Å². The first-order valence-electron chi connectivity index (χ1n) is 10.4. The summed E-state index contributed by atoms with van der Waals surface area (Å²) < 4.78 is 50.3. The number of nitrogens with zero attached hydrogens (tertiary/aromatic N) is 5. The lowest BCUT2D eigenvalue weighted by molar-refractivity contribution is 0.0656. The lowest BCUT2D eigenvalue weighted by Gasteiger charge is -2.31. The molecule has 0 bridgehead atoms. The lowest BCUT2D eigenvalue weighted by Crippen LogP contribution is -2.40. The molecule has 1 aliphatic rings. The molecule has 1 saturated heterocycles. The molecule has 0 spiro atoms. The highest BCUT2D eigenvalue weighted by atomic mass is 32.2. The molecule has 4 rings (SSSR count). The van der Waals surface area contributed by atoms with Gasteiger partial charge in [0.1, 0.15) is 11.7 Å². The topological polar surface area (TPSA) is 117 Å². The van der Waals surface area contributed by atoms with Crippen LogP contribution in [0.5, 0.6) is 11.6 Å². The molecule has 0 N–H and O–H groups in total. The van der Waals surface area contributed by atoms with Gasteiger partial charge in [0.2, 0.25) is 5.88 Å². The Balaban J connectivity index is 1.53. The van der Waals surface area contributed by atoms with E-state index < -0.39 is 15.7 Å². The number of likely N-dealkylation sites (tertiary alicyclic amines) is 1. The third-order valence-corrected chi connectivity index (χ3v) is 6.41. The van der Waals surface area contributed by atoms with Gasteiger partial charge in [-0.1, -0.05) is 0 Å². The van der Waals surface area contributed by atoms with Gasteiger partial charge >= 0.3 is 6.09 Å². The molecule has 1 amide bonds. The summed E-state index contributed by atoms with van der Waals surface area (Å²) in [5.74, 6) is -0.875. The summed E-state index contributed by atoms with van der Waals surface area (Å²) in [4.78, 5) is 22.1. The number of piperidine rings is 1. The number of benzene rings is 1. The van der Waals surface area contributed by atoms with E-state index in [0.717, 1.165) is 12.3 Å². The minimum atomic E-state index is -3.54. The molecule has 12 heteroatoms. The van der Waals surface area contributed by atoms with Gasteiger partial charge in [-0.2, -0.15) is 5.10 Å². The summed E-state index contributed by atoms with van der Waals surface area (Å²) in [7, 11) is -3.54. The van der Waals surface area contributed by atoms with Gasteiger partial charge in [-0.05, 0) is 44.9 Å². The van der Waals surface area contributed by atoms with Crippen LogP contribution in [0.3, 0.4) is 0 Å². The number of hydrogen-bond acceptors (Lipinski definition) is 8. The first kappa shape index (κ1) is 22.9.